The van der Waals surface area contributed by atoms with Crippen LogP contribution >= 0.6 is 0 Å². The molecule has 2 saturated heterocycles. The molecule has 2 fully saturated rings. The number of benzene rings is 1. The topological polar surface area (TPSA) is 30.5 Å². The van der Waals surface area contributed by atoms with E-state index in [-0.39, 0.29) is 6.29 Å². The molecular weight excluding hydrogens is 202 g/mol. The molecule has 16 heavy (non-hydrogen) atoms. The van der Waals surface area contributed by atoms with Crippen molar-refractivity contribution in [3.63, 3.8) is 0 Å². The summed E-state index contributed by atoms with van der Waals surface area (Å²) in [6.07, 6.45) is 1.17. The van der Waals surface area contributed by atoms with E-state index in [4.69, 9.17) is 9.47 Å². The van der Waals surface area contributed by atoms with Gasteiger partial charge in [0.25, 0.3) is 0 Å². The van der Waals surface area contributed by atoms with Crippen LogP contribution < -0.4 is 5.32 Å². The van der Waals surface area contributed by atoms with Crippen LogP contribution in [0.15, 0.2) is 30.3 Å². The highest BCUT2D eigenvalue weighted by atomic mass is 16.7. The van der Waals surface area contributed by atoms with Gasteiger partial charge in [-0.2, -0.15) is 0 Å². The Morgan fingerprint density at radius 1 is 1.19 bits per heavy atom. The molecule has 86 valence electrons. The molecule has 2 aliphatic heterocycles. The lowest BCUT2D eigenvalue weighted by molar-refractivity contribution is -0.0905. The van der Waals surface area contributed by atoms with E-state index in [0.717, 1.165) is 26.2 Å². The first-order valence-corrected chi connectivity index (χ1v) is 5.94. The monoisotopic (exact) mass is 219 g/mol. The van der Waals surface area contributed by atoms with Crippen LogP contribution in [-0.2, 0) is 16.0 Å². The largest absolute Gasteiger partial charge is 0.352 e. The van der Waals surface area contributed by atoms with Crippen molar-refractivity contribution < 1.29 is 9.47 Å². The Bertz CT molecular complexity index is 341. The number of hydrogen-bond acceptors (Lipinski definition) is 3. The maximum Gasteiger partial charge on any atom is 0.162 e. The third-order valence-corrected chi connectivity index (χ3v) is 3.45. The minimum Gasteiger partial charge on any atom is -0.352 e. The van der Waals surface area contributed by atoms with E-state index in [1.54, 1.807) is 0 Å². The van der Waals surface area contributed by atoms with Gasteiger partial charge in [-0.05, 0) is 12.0 Å². The number of nitrogens with one attached hydrogen (secondary N) is 1. The predicted molar refractivity (Wildman–Crippen MR) is 60.9 cm³/mol. The zero-order valence-electron chi connectivity index (χ0n) is 9.26. The maximum atomic E-state index is 5.59. The van der Waals surface area contributed by atoms with E-state index in [2.05, 4.69) is 29.6 Å². The van der Waals surface area contributed by atoms with Crippen LogP contribution in [0.4, 0.5) is 0 Å². The molecule has 3 nitrogen and oxygen atoms in total. The molecule has 0 unspecified atom stereocenters. The second-order valence-corrected chi connectivity index (χ2v) is 4.50. The van der Waals surface area contributed by atoms with Crippen molar-refractivity contribution in [2.75, 3.05) is 13.2 Å². The smallest absolute Gasteiger partial charge is 0.162 e. The maximum absolute atomic E-state index is 5.59. The summed E-state index contributed by atoms with van der Waals surface area (Å²) in [6.45, 7) is 2.54. The molecule has 0 saturated carbocycles. The molecule has 0 aromatic heterocycles. The SMILES string of the molecule is c1ccc(CN[C@H]2CO[C@H]3OCC[C@H]32)cc1. The molecule has 0 radical (unpaired) electrons. The molecule has 2 heterocycles. The predicted octanol–water partition coefficient (Wildman–Crippen LogP) is 1.54. The van der Waals surface area contributed by atoms with Crippen LogP contribution in [0.3, 0.4) is 0 Å². The Morgan fingerprint density at radius 3 is 2.94 bits per heavy atom. The first-order chi connectivity index (χ1) is 7.93. The van der Waals surface area contributed by atoms with Crippen LogP contribution in [0.1, 0.15) is 12.0 Å². The molecule has 3 atom stereocenters. The van der Waals surface area contributed by atoms with E-state index < -0.39 is 0 Å². The summed E-state index contributed by atoms with van der Waals surface area (Å²) in [5.74, 6) is 0.545. The summed E-state index contributed by atoms with van der Waals surface area (Å²) in [4.78, 5) is 0. The molecule has 0 spiro atoms. The van der Waals surface area contributed by atoms with Gasteiger partial charge in [0.1, 0.15) is 0 Å². The van der Waals surface area contributed by atoms with Gasteiger partial charge in [-0.15, -0.1) is 0 Å². The molecule has 3 rings (SSSR count). The Hall–Kier alpha value is -0.900. The summed E-state index contributed by atoms with van der Waals surface area (Å²) >= 11 is 0. The Balaban J connectivity index is 1.56. The van der Waals surface area contributed by atoms with E-state index in [1.807, 2.05) is 6.07 Å². The quantitative estimate of drug-likeness (QED) is 0.836. The van der Waals surface area contributed by atoms with Gasteiger partial charge in [0.2, 0.25) is 0 Å². The summed E-state index contributed by atoms with van der Waals surface area (Å²) in [5.41, 5.74) is 1.32. The number of hydrogen-bond donors (Lipinski definition) is 1. The van der Waals surface area contributed by atoms with Crippen LogP contribution in [0, 0.1) is 5.92 Å². The van der Waals surface area contributed by atoms with Crippen LogP contribution in [0.2, 0.25) is 0 Å². The molecular formula is C13H17NO2. The third-order valence-electron chi connectivity index (χ3n) is 3.45. The first-order valence-electron chi connectivity index (χ1n) is 5.94. The highest BCUT2D eigenvalue weighted by Crippen LogP contribution is 2.31. The summed E-state index contributed by atoms with van der Waals surface area (Å²) in [5, 5.41) is 3.56. The molecule has 1 aromatic carbocycles. The van der Waals surface area contributed by atoms with Gasteiger partial charge in [0.05, 0.1) is 13.2 Å². The second-order valence-electron chi connectivity index (χ2n) is 4.50. The van der Waals surface area contributed by atoms with Crippen molar-refractivity contribution in [2.45, 2.75) is 25.3 Å². The van der Waals surface area contributed by atoms with Gasteiger partial charge < -0.3 is 14.8 Å². The molecule has 2 aliphatic rings. The lowest BCUT2D eigenvalue weighted by atomic mass is 10.0. The minimum absolute atomic E-state index is 0.0493. The van der Waals surface area contributed by atoms with Crippen molar-refractivity contribution in [1.29, 1.82) is 0 Å². The van der Waals surface area contributed by atoms with Crippen LogP contribution in [-0.4, -0.2) is 25.5 Å². The highest BCUT2D eigenvalue weighted by molar-refractivity contribution is 5.14. The fourth-order valence-corrected chi connectivity index (χ4v) is 2.52. The van der Waals surface area contributed by atoms with Gasteiger partial charge >= 0.3 is 0 Å². The van der Waals surface area contributed by atoms with E-state index in [9.17, 15) is 0 Å². The standard InChI is InChI=1S/C13H17NO2/c1-2-4-10(5-3-1)8-14-12-9-16-13-11(12)6-7-15-13/h1-5,11-14H,6-9H2/t11-,12-,13+/m0/s1. The molecule has 1 N–H and O–H groups in total. The number of fused-ring (bicyclic) bond motifs is 1. The lowest BCUT2D eigenvalue weighted by Gasteiger charge is -2.16. The zero-order chi connectivity index (χ0) is 10.8. The lowest BCUT2D eigenvalue weighted by Crippen LogP contribution is -2.35. The number of rotatable bonds is 3. The number of ether oxygens (including phenoxy) is 2. The van der Waals surface area contributed by atoms with Crippen molar-refractivity contribution >= 4 is 0 Å². The zero-order valence-corrected chi connectivity index (χ0v) is 9.26. The average molecular weight is 219 g/mol. The molecule has 0 bridgehead atoms. The molecule has 1 aromatic rings. The Kier molecular flexibility index (Phi) is 2.91. The molecule has 3 heteroatoms. The van der Waals surface area contributed by atoms with Crippen molar-refractivity contribution in [3.05, 3.63) is 35.9 Å². The van der Waals surface area contributed by atoms with E-state index >= 15 is 0 Å². The highest BCUT2D eigenvalue weighted by Gasteiger charge is 2.41. The average Bonchev–Trinajstić information content (AvgIpc) is 2.90. The van der Waals surface area contributed by atoms with Gasteiger partial charge in [0.15, 0.2) is 6.29 Å². The van der Waals surface area contributed by atoms with Crippen LogP contribution in [0.5, 0.6) is 0 Å². The van der Waals surface area contributed by atoms with Gasteiger partial charge in [-0.1, -0.05) is 30.3 Å². The fourth-order valence-electron chi connectivity index (χ4n) is 2.52. The van der Waals surface area contributed by atoms with Gasteiger partial charge in [0, 0.05) is 18.5 Å². The molecule has 0 amide bonds. The van der Waals surface area contributed by atoms with Gasteiger partial charge in [-0.25, -0.2) is 0 Å². The van der Waals surface area contributed by atoms with Crippen molar-refractivity contribution in [3.8, 4) is 0 Å². The van der Waals surface area contributed by atoms with Crippen molar-refractivity contribution in [1.82, 2.24) is 5.32 Å². The van der Waals surface area contributed by atoms with Crippen LogP contribution in [0.25, 0.3) is 0 Å². The fraction of sp³-hybridized carbons (Fsp3) is 0.538. The third kappa shape index (κ3) is 1.98. The van der Waals surface area contributed by atoms with Crippen molar-refractivity contribution in [2.24, 2.45) is 5.92 Å². The summed E-state index contributed by atoms with van der Waals surface area (Å²) in [6, 6.07) is 10.9. The molecule has 0 aliphatic carbocycles. The summed E-state index contributed by atoms with van der Waals surface area (Å²) < 4.78 is 11.1. The Labute approximate surface area is 95.8 Å². The normalized spacial score (nSPS) is 32.9. The minimum atomic E-state index is 0.0493. The van der Waals surface area contributed by atoms with Gasteiger partial charge in [-0.3, -0.25) is 0 Å². The summed E-state index contributed by atoms with van der Waals surface area (Å²) in [7, 11) is 0. The first kappa shape index (κ1) is 10.3. The van der Waals surface area contributed by atoms with E-state index in [1.165, 1.54) is 5.56 Å². The second kappa shape index (κ2) is 4.53. The van der Waals surface area contributed by atoms with E-state index in [0.29, 0.717) is 12.0 Å². The Morgan fingerprint density at radius 2 is 2.06 bits per heavy atom.